The van der Waals surface area contributed by atoms with Crippen molar-refractivity contribution in [3.05, 3.63) is 53.1 Å². The molecule has 2 aromatic carbocycles. The number of carbonyl (C=O) groups excluding carboxylic acids is 1. The standard InChI is InChI=1S/C17H17ClF2N2O4S/c1-10(17(23)21-14-6-5-12(19)9-13(14)20)22(27(3,24)25)15-8-11(18)4-7-16(15)26-2/h4-10H,1-3H3,(H,21,23)/t10-/m1/s1. The Morgan fingerprint density at radius 3 is 2.44 bits per heavy atom. The van der Waals surface area contributed by atoms with Gasteiger partial charge >= 0.3 is 0 Å². The first kappa shape index (κ1) is 20.9. The number of benzene rings is 2. The second-order valence-electron chi connectivity index (χ2n) is 5.66. The van der Waals surface area contributed by atoms with Crippen molar-refractivity contribution in [2.75, 3.05) is 23.0 Å². The predicted molar refractivity (Wildman–Crippen MR) is 99.8 cm³/mol. The fourth-order valence-corrected chi connectivity index (χ4v) is 3.78. The molecule has 10 heteroatoms. The Morgan fingerprint density at radius 1 is 1.22 bits per heavy atom. The molecule has 0 saturated carbocycles. The van der Waals surface area contributed by atoms with E-state index in [2.05, 4.69) is 5.32 Å². The molecule has 0 radical (unpaired) electrons. The van der Waals surface area contributed by atoms with Gasteiger partial charge in [-0.1, -0.05) is 11.6 Å². The average molecular weight is 419 g/mol. The second-order valence-corrected chi connectivity index (χ2v) is 7.96. The molecule has 0 saturated heterocycles. The van der Waals surface area contributed by atoms with Crippen LogP contribution in [0.25, 0.3) is 0 Å². The van der Waals surface area contributed by atoms with E-state index in [0.29, 0.717) is 6.07 Å². The van der Waals surface area contributed by atoms with Crippen LogP contribution in [0.4, 0.5) is 20.2 Å². The molecule has 146 valence electrons. The van der Waals surface area contributed by atoms with Gasteiger partial charge in [-0.2, -0.15) is 0 Å². The van der Waals surface area contributed by atoms with Gasteiger partial charge in [0.05, 0.1) is 24.7 Å². The van der Waals surface area contributed by atoms with E-state index in [1.54, 1.807) is 0 Å². The minimum Gasteiger partial charge on any atom is -0.495 e. The summed E-state index contributed by atoms with van der Waals surface area (Å²) in [5, 5.41) is 2.48. The van der Waals surface area contributed by atoms with Crippen molar-refractivity contribution >= 4 is 38.9 Å². The van der Waals surface area contributed by atoms with E-state index in [9.17, 15) is 22.0 Å². The Balaban J connectivity index is 2.42. The average Bonchev–Trinajstić information content (AvgIpc) is 2.56. The molecule has 0 aliphatic rings. The summed E-state index contributed by atoms with van der Waals surface area (Å²) >= 11 is 5.95. The summed E-state index contributed by atoms with van der Waals surface area (Å²) in [6.45, 7) is 1.32. The summed E-state index contributed by atoms with van der Waals surface area (Å²) in [6, 6.07) is 5.64. The maximum absolute atomic E-state index is 13.8. The van der Waals surface area contributed by atoms with Crippen LogP contribution in [0.1, 0.15) is 6.92 Å². The van der Waals surface area contributed by atoms with Gasteiger partial charge < -0.3 is 10.1 Å². The highest BCUT2D eigenvalue weighted by atomic mass is 35.5. The van der Waals surface area contributed by atoms with Crippen molar-refractivity contribution in [2.45, 2.75) is 13.0 Å². The summed E-state index contributed by atoms with van der Waals surface area (Å²) in [5.74, 6) is -2.44. The summed E-state index contributed by atoms with van der Waals surface area (Å²) in [7, 11) is -2.60. The van der Waals surface area contributed by atoms with Gasteiger partial charge in [-0.05, 0) is 37.3 Å². The van der Waals surface area contributed by atoms with E-state index in [1.807, 2.05) is 0 Å². The van der Waals surface area contributed by atoms with Crippen LogP contribution in [0.5, 0.6) is 5.75 Å². The SMILES string of the molecule is COc1ccc(Cl)cc1N([C@H](C)C(=O)Nc1ccc(F)cc1F)S(C)(=O)=O. The van der Waals surface area contributed by atoms with E-state index in [1.165, 1.54) is 32.2 Å². The number of halogens is 3. The number of ether oxygens (including phenoxy) is 1. The van der Waals surface area contributed by atoms with E-state index in [4.69, 9.17) is 16.3 Å². The molecule has 1 atom stereocenters. The molecule has 0 aliphatic heterocycles. The lowest BCUT2D eigenvalue weighted by Gasteiger charge is -2.29. The molecular formula is C17H17ClF2N2O4S. The summed E-state index contributed by atoms with van der Waals surface area (Å²) in [6.07, 6.45) is 0.912. The lowest BCUT2D eigenvalue weighted by Crippen LogP contribution is -2.45. The van der Waals surface area contributed by atoms with Crippen molar-refractivity contribution in [3.8, 4) is 5.75 Å². The largest absolute Gasteiger partial charge is 0.495 e. The van der Waals surface area contributed by atoms with Gasteiger partial charge in [-0.25, -0.2) is 17.2 Å². The van der Waals surface area contributed by atoms with Crippen molar-refractivity contribution in [1.29, 1.82) is 0 Å². The number of methoxy groups -OCH3 is 1. The summed E-state index contributed by atoms with van der Waals surface area (Å²) in [4.78, 5) is 12.5. The van der Waals surface area contributed by atoms with E-state index in [0.717, 1.165) is 22.7 Å². The van der Waals surface area contributed by atoms with E-state index >= 15 is 0 Å². The molecule has 0 bridgehead atoms. The highest BCUT2D eigenvalue weighted by molar-refractivity contribution is 7.92. The molecule has 2 aromatic rings. The van der Waals surface area contributed by atoms with Crippen LogP contribution in [0.15, 0.2) is 36.4 Å². The number of sulfonamides is 1. The van der Waals surface area contributed by atoms with Crippen LogP contribution in [0.2, 0.25) is 5.02 Å². The van der Waals surface area contributed by atoms with Gasteiger partial charge in [0.15, 0.2) is 0 Å². The Kier molecular flexibility index (Phi) is 6.27. The van der Waals surface area contributed by atoms with Crippen molar-refractivity contribution < 1.29 is 26.7 Å². The van der Waals surface area contributed by atoms with Gasteiger partial charge in [-0.3, -0.25) is 9.10 Å². The van der Waals surface area contributed by atoms with Crippen LogP contribution in [0.3, 0.4) is 0 Å². The first-order valence-electron chi connectivity index (χ1n) is 7.63. The van der Waals surface area contributed by atoms with Crippen LogP contribution in [0, 0.1) is 11.6 Å². The topological polar surface area (TPSA) is 75.7 Å². The number of hydrogen-bond acceptors (Lipinski definition) is 4. The lowest BCUT2D eigenvalue weighted by atomic mass is 10.2. The van der Waals surface area contributed by atoms with Crippen molar-refractivity contribution in [3.63, 3.8) is 0 Å². The third-order valence-electron chi connectivity index (χ3n) is 3.66. The monoisotopic (exact) mass is 418 g/mol. The number of hydrogen-bond donors (Lipinski definition) is 1. The summed E-state index contributed by atoms with van der Waals surface area (Å²) < 4.78 is 57.4. The van der Waals surface area contributed by atoms with Crippen molar-refractivity contribution in [1.82, 2.24) is 0 Å². The maximum atomic E-state index is 13.8. The zero-order chi connectivity index (χ0) is 20.4. The Bertz CT molecular complexity index is 969. The molecule has 0 aromatic heterocycles. The fraction of sp³-hybridized carbons (Fsp3) is 0.235. The Labute approximate surface area is 160 Å². The Morgan fingerprint density at radius 2 is 1.89 bits per heavy atom. The zero-order valence-electron chi connectivity index (χ0n) is 14.7. The second kappa shape index (κ2) is 8.10. The molecule has 0 heterocycles. The molecule has 0 spiro atoms. The number of amides is 1. The number of nitrogens with zero attached hydrogens (tertiary/aromatic N) is 1. The number of carbonyl (C=O) groups is 1. The molecule has 1 N–H and O–H groups in total. The van der Waals surface area contributed by atoms with Crippen LogP contribution >= 0.6 is 11.6 Å². The van der Waals surface area contributed by atoms with Gasteiger partial charge in [0.1, 0.15) is 23.4 Å². The van der Waals surface area contributed by atoms with Gasteiger partial charge in [0.25, 0.3) is 0 Å². The summed E-state index contributed by atoms with van der Waals surface area (Å²) in [5.41, 5.74) is -0.227. The minimum atomic E-state index is -3.94. The smallest absolute Gasteiger partial charge is 0.248 e. The number of rotatable bonds is 6. The highest BCUT2D eigenvalue weighted by Gasteiger charge is 2.31. The van der Waals surface area contributed by atoms with Crippen molar-refractivity contribution in [2.24, 2.45) is 0 Å². The number of nitrogens with one attached hydrogen (secondary N) is 1. The Hall–Kier alpha value is -2.39. The molecule has 6 nitrogen and oxygen atoms in total. The van der Waals surface area contributed by atoms with E-state index in [-0.39, 0.29) is 22.1 Å². The maximum Gasteiger partial charge on any atom is 0.248 e. The first-order chi connectivity index (χ1) is 12.5. The quantitative estimate of drug-likeness (QED) is 0.779. The molecule has 27 heavy (non-hydrogen) atoms. The molecule has 1 amide bonds. The fourth-order valence-electron chi connectivity index (χ4n) is 2.44. The van der Waals surface area contributed by atoms with Crippen LogP contribution < -0.4 is 14.4 Å². The highest BCUT2D eigenvalue weighted by Crippen LogP contribution is 2.34. The first-order valence-corrected chi connectivity index (χ1v) is 9.86. The van der Waals surface area contributed by atoms with Crippen LogP contribution in [-0.4, -0.2) is 33.7 Å². The molecular weight excluding hydrogens is 402 g/mol. The normalized spacial score (nSPS) is 12.4. The van der Waals surface area contributed by atoms with E-state index < -0.39 is 33.6 Å². The third-order valence-corrected chi connectivity index (χ3v) is 5.12. The third kappa shape index (κ3) is 4.86. The lowest BCUT2D eigenvalue weighted by molar-refractivity contribution is -0.116. The molecule has 0 fully saturated rings. The zero-order valence-corrected chi connectivity index (χ0v) is 16.2. The van der Waals surface area contributed by atoms with Gasteiger partial charge in [-0.15, -0.1) is 0 Å². The van der Waals surface area contributed by atoms with Gasteiger partial charge in [0, 0.05) is 11.1 Å². The molecule has 0 unspecified atom stereocenters. The minimum absolute atomic E-state index is 0.0507. The molecule has 0 aliphatic carbocycles. The predicted octanol–water partition coefficient (Wildman–Crippen LogP) is 3.42. The molecule has 2 rings (SSSR count). The van der Waals surface area contributed by atoms with Crippen LogP contribution in [-0.2, 0) is 14.8 Å². The van der Waals surface area contributed by atoms with Gasteiger partial charge in [0.2, 0.25) is 15.9 Å². The number of anilines is 2.